The van der Waals surface area contributed by atoms with Crippen molar-refractivity contribution < 1.29 is 4.79 Å². The number of aryl methyl sites for hydroxylation is 2. The Morgan fingerprint density at radius 2 is 2.38 bits per heavy atom. The molecule has 0 unspecified atom stereocenters. The Hall–Kier alpha value is -0.640. The summed E-state index contributed by atoms with van der Waals surface area (Å²) < 4.78 is 2.02. The van der Waals surface area contributed by atoms with E-state index in [0.29, 0.717) is 5.69 Å². The molecule has 0 atom stereocenters. The van der Waals surface area contributed by atoms with Crippen LogP contribution in [0, 0.1) is 6.92 Å². The average Bonchev–Trinajstić information content (AvgIpc) is 2.48. The Bertz CT molecular complexity index is 283. The second-order valence-corrected chi connectivity index (χ2v) is 3.71. The van der Waals surface area contributed by atoms with Crippen LogP contribution in [0.2, 0.25) is 0 Å². The third kappa shape index (κ3) is 2.95. The number of carbonyl (C=O) groups is 1. The summed E-state index contributed by atoms with van der Waals surface area (Å²) in [5.74, 6) is 0.914. The quantitative estimate of drug-likeness (QED) is 0.452. The fraction of sp³-hybridized carbons (Fsp3) is 0.556. The van der Waals surface area contributed by atoms with Gasteiger partial charge in [0, 0.05) is 18.1 Å². The van der Waals surface area contributed by atoms with Crippen molar-refractivity contribution in [3.05, 3.63) is 17.7 Å². The molecule has 0 aliphatic carbocycles. The van der Waals surface area contributed by atoms with E-state index in [1.54, 1.807) is 6.20 Å². The van der Waals surface area contributed by atoms with Crippen LogP contribution in [0.25, 0.3) is 0 Å². The number of carbonyl (C=O) groups excluding carboxylic acids is 1. The number of aromatic nitrogens is 2. The normalized spacial score (nSPS) is 10.3. The maximum absolute atomic E-state index is 10.4. The average molecular weight is 245 g/mol. The van der Waals surface area contributed by atoms with Crippen molar-refractivity contribution in [1.29, 1.82) is 0 Å². The number of rotatable bonds is 5. The van der Waals surface area contributed by atoms with Crippen molar-refractivity contribution in [1.82, 2.24) is 9.55 Å². The van der Waals surface area contributed by atoms with E-state index in [2.05, 4.69) is 20.9 Å². The first-order valence-corrected chi connectivity index (χ1v) is 5.45. The molecule has 0 saturated carbocycles. The van der Waals surface area contributed by atoms with Gasteiger partial charge in [0.1, 0.15) is 11.5 Å². The zero-order valence-electron chi connectivity index (χ0n) is 7.66. The largest absolute Gasteiger partial charge is 0.334 e. The SMILES string of the molecule is Cc1nc(C=O)cn1CCCCBr. The Kier molecular flexibility index (Phi) is 4.15. The number of nitrogens with zero attached hydrogens (tertiary/aromatic N) is 2. The highest BCUT2D eigenvalue weighted by atomic mass is 79.9. The molecule has 0 aliphatic rings. The van der Waals surface area contributed by atoms with Gasteiger partial charge in [-0.1, -0.05) is 15.9 Å². The van der Waals surface area contributed by atoms with E-state index in [1.165, 1.54) is 0 Å². The van der Waals surface area contributed by atoms with Gasteiger partial charge in [-0.25, -0.2) is 4.98 Å². The molecular formula is C9H13BrN2O. The summed E-state index contributed by atoms with van der Waals surface area (Å²) in [5.41, 5.74) is 0.524. The van der Waals surface area contributed by atoms with Gasteiger partial charge in [-0.2, -0.15) is 0 Å². The molecule has 72 valence electrons. The first kappa shape index (κ1) is 10.4. The molecule has 0 fully saturated rings. The monoisotopic (exact) mass is 244 g/mol. The van der Waals surface area contributed by atoms with Gasteiger partial charge < -0.3 is 4.57 Å². The molecule has 4 heteroatoms. The van der Waals surface area contributed by atoms with E-state index in [1.807, 2.05) is 11.5 Å². The molecule has 0 aliphatic heterocycles. The number of unbranched alkanes of at least 4 members (excludes halogenated alkanes) is 1. The van der Waals surface area contributed by atoms with E-state index in [4.69, 9.17) is 0 Å². The van der Waals surface area contributed by atoms with E-state index >= 15 is 0 Å². The number of alkyl halides is 1. The van der Waals surface area contributed by atoms with Crippen molar-refractivity contribution in [2.45, 2.75) is 26.3 Å². The van der Waals surface area contributed by atoms with E-state index < -0.39 is 0 Å². The molecule has 1 aromatic heterocycles. The fourth-order valence-electron chi connectivity index (χ4n) is 1.19. The highest BCUT2D eigenvalue weighted by molar-refractivity contribution is 9.09. The van der Waals surface area contributed by atoms with E-state index in [0.717, 1.165) is 36.8 Å². The molecule has 3 nitrogen and oxygen atoms in total. The molecule has 13 heavy (non-hydrogen) atoms. The minimum Gasteiger partial charge on any atom is -0.334 e. The highest BCUT2D eigenvalue weighted by Crippen LogP contribution is 2.03. The standard InChI is InChI=1S/C9H13BrN2O/c1-8-11-9(7-13)6-12(8)5-3-2-4-10/h6-7H,2-5H2,1H3. The van der Waals surface area contributed by atoms with Crippen LogP contribution in [0.1, 0.15) is 29.2 Å². The van der Waals surface area contributed by atoms with Crippen LogP contribution in [-0.4, -0.2) is 21.2 Å². The lowest BCUT2D eigenvalue weighted by atomic mass is 10.3. The van der Waals surface area contributed by atoms with Gasteiger partial charge in [-0.3, -0.25) is 4.79 Å². The lowest BCUT2D eigenvalue weighted by Gasteiger charge is -2.02. The molecular weight excluding hydrogens is 232 g/mol. The number of hydrogen-bond donors (Lipinski definition) is 0. The summed E-state index contributed by atoms with van der Waals surface area (Å²) >= 11 is 3.38. The first-order chi connectivity index (χ1) is 6.27. The summed E-state index contributed by atoms with van der Waals surface area (Å²) in [7, 11) is 0. The first-order valence-electron chi connectivity index (χ1n) is 4.33. The number of hydrogen-bond acceptors (Lipinski definition) is 2. The minimum absolute atomic E-state index is 0.524. The zero-order chi connectivity index (χ0) is 9.68. The van der Waals surface area contributed by atoms with Gasteiger partial charge >= 0.3 is 0 Å². The van der Waals surface area contributed by atoms with Crippen LogP contribution in [0.5, 0.6) is 0 Å². The third-order valence-electron chi connectivity index (χ3n) is 1.90. The molecule has 1 rings (SSSR count). The Labute approximate surface area is 86.3 Å². The predicted octanol–water partition coefficient (Wildman–Crippen LogP) is 2.18. The van der Waals surface area contributed by atoms with Crippen LogP contribution >= 0.6 is 15.9 Å². The van der Waals surface area contributed by atoms with Crippen molar-refractivity contribution >= 4 is 22.2 Å². The lowest BCUT2D eigenvalue weighted by molar-refractivity contribution is 0.111. The third-order valence-corrected chi connectivity index (χ3v) is 2.46. The smallest absolute Gasteiger partial charge is 0.170 e. The van der Waals surface area contributed by atoms with Crippen molar-refractivity contribution in [2.75, 3.05) is 5.33 Å². The van der Waals surface area contributed by atoms with Crippen molar-refractivity contribution in [3.8, 4) is 0 Å². The molecule has 1 heterocycles. The lowest BCUT2D eigenvalue weighted by Crippen LogP contribution is -1.99. The summed E-state index contributed by atoms with van der Waals surface area (Å²) in [6.07, 6.45) is 4.85. The van der Waals surface area contributed by atoms with Crippen LogP contribution in [0.3, 0.4) is 0 Å². The van der Waals surface area contributed by atoms with Crippen LogP contribution in [0.4, 0.5) is 0 Å². The summed E-state index contributed by atoms with van der Waals surface area (Å²) in [4.78, 5) is 14.5. The molecule has 0 spiro atoms. The molecule has 0 radical (unpaired) electrons. The molecule has 0 aromatic carbocycles. The van der Waals surface area contributed by atoms with E-state index in [-0.39, 0.29) is 0 Å². The van der Waals surface area contributed by atoms with Crippen molar-refractivity contribution in [2.24, 2.45) is 0 Å². The molecule has 0 amide bonds. The van der Waals surface area contributed by atoms with Gasteiger partial charge in [0.05, 0.1) is 0 Å². The maximum Gasteiger partial charge on any atom is 0.170 e. The predicted molar refractivity (Wildman–Crippen MR) is 55.4 cm³/mol. The second kappa shape index (κ2) is 5.17. The number of aldehydes is 1. The summed E-state index contributed by atoms with van der Waals surface area (Å²) in [6.45, 7) is 2.86. The van der Waals surface area contributed by atoms with Gasteiger partial charge in [-0.05, 0) is 19.8 Å². The van der Waals surface area contributed by atoms with Crippen LogP contribution < -0.4 is 0 Å². The zero-order valence-corrected chi connectivity index (χ0v) is 9.25. The second-order valence-electron chi connectivity index (χ2n) is 2.92. The van der Waals surface area contributed by atoms with Gasteiger partial charge in [0.25, 0.3) is 0 Å². The highest BCUT2D eigenvalue weighted by Gasteiger charge is 2.01. The van der Waals surface area contributed by atoms with Gasteiger partial charge in [0.2, 0.25) is 0 Å². The maximum atomic E-state index is 10.4. The number of imidazole rings is 1. The van der Waals surface area contributed by atoms with Crippen LogP contribution in [0.15, 0.2) is 6.20 Å². The Balaban J connectivity index is 2.55. The molecule has 0 bridgehead atoms. The van der Waals surface area contributed by atoms with Crippen LogP contribution in [-0.2, 0) is 6.54 Å². The van der Waals surface area contributed by atoms with Gasteiger partial charge in [0.15, 0.2) is 6.29 Å². The summed E-state index contributed by atoms with van der Waals surface area (Å²) in [5, 5.41) is 1.03. The fourth-order valence-corrected chi connectivity index (χ4v) is 1.59. The summed E-state index contributed by atoms with van der Waals surface area (Å²) in [6, 6.07) is 0. The van der Waals surface area contributed by atoms with E-state index in [9.17, 15) is 4.79 Å². The Morgan fingerprint density at radius 1 is 1.62 bits per heavy atom. The topological polar surface area (TPSA) is 34.9 Å². The Morgan fingerprint density at radius 3 is 2.92 bits per heavy atom. The molecule has 0 saturated heterocycles. The van der Waals surface area contributed by atoms with Crippen molar-refractivity contribution in [3.63, 3.8) is 0 Å². The minimum atomic E-state index is 0.524. The number of halogens is 1. The molecule has 0 N–H and O–H groups in total. The molecule has 1 aromatic rings. The van der Waals surface area contributed by atoms with Gasteiger partial charge in [-0.15, -0.1) is 0 Å².